The number of hydrogen-bond donors (Lipinski definition) is 0. The molecular formula is C31H23N. The Morgan fingerprint density at radius 3 is 1.94 bits per heavy atom. The molecule has 1 aromatic heterocycles. The molecule has 0 spiro atoms. The average molecular weight is 410 g/mol. The van der Waals surface area contributed by atoms with Crippen LogP contribution < -0.4 is 0 Å². The van der Waals surface area contributed by atoms with Gasteiger partial charge < -0.3 is 4.57 Å². The normalized spacial score (nSPS) is 11.2. The van der Waals surface area contributed by atoms with Gasteiger partial charge in [-0.05, 0) is 59.0 Å². The number of hydrogen-bond acceptors (Lipinski definition) is 0. The van der Waals surface area contributed by atoms with E-state index in [2.05, 4.69) is 132 Å². The highest BCUT2D eigenvalue weighted by Crippen LogP contribution is 2.35. The van der Waals surface area contributed by atoms with E-state index in [4.69, 9.17) is 0 Å². The summed E-state index contributed by atoms with van der Waals surface area (Å²) in [6, 6.07) is 45.8. The number of rotatable bonds is 4. The van der Waals surface area contributed by atoms with Crippen molar-refractivity contribution in [3.8, 4) is 16.8 Å². The lowest BCUT2D eigenvalue weighted by Gasteiger charge is -2.09. The molecule has 0 fully saturated rings. The van der Waals surface area contributed by atoms with Gasteiger partial charge in [-0.1, -0.05) is 97.1 Å². The van der Waals surface area contributed by atoms with Crippen LogP contribution >= 0.6 is 0 Å². The van der Waals surface area contributed by atoms with Crippen molar-refractivity contribution in [2.75, 3.05) is 0 Å². The fourth-order valence-electron chi connectivity index (χ4n) is 4.70. The van der Waals surface area contributed by atoms with E-state index in [0.29, 0.717) is 0 Å². The second-order valence-electron chi connectivity index (χ2n) is 8.28. The molecular weight excluding hydrogens is 386 g/mol. The van der Waals surface area contributed by atoms with Crippen LogP contribution in [0, 0.1) is 0 Å². The van der Waals surface area contributed by atoms with Crippen LogP contribution in [0.2, 0.25) is 0 Å². The molecule has 0 aliphatic rings. The predicted molar refractivity (Wildman–Crippen MR) is 135 cm³/mol. The van der Waals surface area contributed by atoms with Crippen LogP contribution in [0.3, 0.4) is 0 Å². The molecule has 6 rings (SSSR count). The average Bonchev–Trinajstić information content (AvgIpc) is 3.19. The molecule has 0 atom stereocenters. The van der Waals surface area contributed by atoms with Crippen LogP contribution in [0.15, 0.2) is 127 Å². The molecule has 1 heteroatoms. The van der Waals surface area contributed by atoms with Gasteiger partial charge >= 0.3 is 0 Å². The highest BCUT2D eigenvalue weighted by Gasteiger charge is 2.13. The van der Waals surface area contributed by atoms with Gasteiger partial charge in [-0.2, -0.15) is 0 Å². The Bertz CT molecular complexity index is 1530. The Balaban J connectivity index is 1.48. The Kier molecular flexibility index (Phi) is 4.58. The van der Waals surface area contributed by atoms with Gasteiger partial charge in [-0.3, -0.25) is 0 Å². The minimum atomic E-state index is 0.949. The first-order valence-corrected chi connectivity index (χ1v) is 11.1. The zero-order chi connectivity index (χ0) is 21.3. The second-order valence-corrected chi connectivity index (χ2v) is 8.28. The molecule has 32 heavy (non-hydrogen) atoms. The van der Waals surface area contributed by atoms with E-state index in [9.17, 15) is 0 Å². The number of benzene rings is 5. The number of para-hydroxylation sites is 2. The topological polar surface area (TPSA) is 4.93 Å². The molecule has 1 heterocycles. The molecule has 1 nitrogen and oxygen atoms in total. The van der Waals surface area contributed by atoms with E-state index in [1.165, 1.54) is 49.7 Å². The van der Waals surface area contributed by atoms with Crippen molar-refractivity contribution in [3.63, 3.8) is 0 Å². The molecule has 0 aliphatic carbocycles. The maximum Gasteiger partial charge on any atom is 0.0541 e. The van der Waals surface area contributed by atoms with Crippen molar-refractivity contribution < 1.29 is 0 Å². The SMILES string of the molecule is c1ccc(Cc2cccc(-c3ccc4c(c3)c3ccccc3n4-c3ccccc3)c2)cc1. The molecule has 152 valence electrons. The highest BCUT2D eigenvalue weighted by molar-refractivity contribution is 6.10. The van der Waals surface area contributed by atoms with Gasteiger partial charge in [0.1, 0.15) is 0 Å². The molecule has 5 aromatic carbocycles. The molecule has 0 unspecified atom stereocenters. The van der Waals surface area contributed by atoms with Crippen LogP contribution in [0.1, 0.15) is 11.1 Å². The maximum atomic E-state index is 2.36. The Morgan fingerprint density at radius 2 is 1.09 bits per heavy atom. The van der Waals surface area contributed by atoms with Gasteiger partial charge in [0.2, 0.25) is 0 Å². The number of aromatic nitrogens is 1. The summed E-state index contributed by atoms with van der Waals surface area (Å²) in [7, 11) is 0. The zero-order valence-electron chi connectivity index (χ0n) is 17.8. The van der Waals surface area contributed by atoms with Crippen molar-refractivity contribution in [3.05, 3.63) is 139 Å². The van der Waals surface area contributed by atoms with E-state index < -0.39 is 0 Å². The first-order valence-electron chi connectivity index (χ1n) is 11.1. The Hall–Kier alpha value is -4.10. The molecule has 0 bridgehead atoms. The monoisotopic (exact) mass is 409 g/mol. The van der Waals surface area contributed by atoms with Crippen LogP contribution in [0.5, 0.6) is 0 Å². The van der Waals surface area contributed by atoms with Crippen molar-refractivity contribution in [2.45, 2.75) is 6.42 Å². The summed E-state index contributed by atoms with van der Waals surface area (Å²) in [6.45, 7) is 0. The van der Waals surface area contributed by atoms with Crippen LogP contribution in [-0.2, 0) is 6.42 Å². The summed E-state index contributed by atoms with van der Waals surface area (Å²) < 4.78 is 2.36. The van der Waals surface area contributed by atoms with E-state index >= 15 is 0 Å². The van der Waals surface area contributed by atoms with E-state index in [0.717, 1.165) is 6.42 Å². The highest BCUT2D eigenvalue weighted by atomic mass is 15.0. The molecule has 0 saturated heterocycles. The van der Waals surface area contributed by atoms with Gasteiger partial charge in [-0.25, -0.2) is 0 Å². The molecule has 0 amide bonds. The third-order valence-corrected chi connectivity index (χ3v) is 6.20. The van der Waals surface area contributed by atoms with Crippen LogP contribution in [0.4, 0.5) is 0 Å². The molecule has 0 saturated carbocycles. The Labute approximate surface area is 188 Å². The summed E-state index contributed by atoms with van der Waals surface area (Å²) in [4.78, 5) is 0. The summed E-state index contributed by atoms with van der Waals surface area (Å²) in [5.74, 6) is 0. The van der Waals surface area contributed by atoms with Gasteiger partial charge in [0, 0.05) is 16.5 Å². The largest absolute Gasteiger partial charge is 0.309 e. The number of fused-ring (bicyclic) bond motifs is 3. The van der Waals surface area contributed by atoms with Gasteiger partial charge in [-0.15, -0.1) is 0 Å². The summed E-state index contributed by atoms with van der Waals surface area (Å²) in [6.07, 6.45) is 0.949. The molecule has 0 radical (unpaired) electrons. The maximum absolute atomic E-state index is 2.36. The van der Waals surface area contributed by atoms with Gasteiger partial charge in [0.15, 0.2) is 0 Å². The smallest absolute Gasteiger partial charge is 0.0541 e. The first kappa shape index (κ1) is 18.7. The third kappa shape index (κ3) is 3.29. The lowest BCUT2D eigenvalue weighted by molar-refractivity contribution is 1.18. The fourth-order valence-corrected chi connectivity index (χ4v) is 4.70. The molecule has 0 aliphatic heterocycles. The van der Waals surface area contributed by atoms with E-state index in [1.54, 1.807) is 0 Å². The summed E-state index contributed by atoms with van der Waals surface area (Å²) in [5.41, 5.74) is 8.85. The standard InChI is InChI=1S/C31H23N/c1-3-10-23(11-4-1)20-24-12-9-13-25(21-24)26-18-19-31-29(22-26)28-16-7-8-17-30(28)32(31)27-14-5-2-6-15-27/h1-19,21-22H,20H2. The third-order valence-electron chi connectivity index (χ3n) is 6.20. The fraction of sp³-hybridized carbons (Fsp3) is 0.0323. The van der Waals surface area contributed by atoms with Crippen molar-refractivity contribution in [2.24, 2.45) is 0 Å². The Morgan fingerprint density at radius 1 is 0.438 bits per heavy atom. The molecule has 0 N–H and O–H groups in total. The quantitative estimate of drug-likeness (QED) is 0.278. The minimum Gasteiger partial charge on any atom is -0.309 e. The van der Waals surface area contributed by atoms with Crippen molar-refractivity contribution in [1.29, 1.82) is 0 Å². The summed E-state index contributed by atoms with van der Waals surface area (Å²) >= 11 is 0. The van der Waals surface area contributed by atoms with Crippen molar-refractivity contribution >= 4 is 21.8 Å². The number of nitrogens with zero attached hydrogens (tertiary/aromatic N) is 1. The predicted octanol–water partition coefficient (Wildman–Crippen LogP) is 8.04. The first-order chi connectivity index (χ1) is 15.9. The minimum absolute atomic E-state index is 0.949. The van der Waals surface area contributed by atoms with Crippen LogP contribution in [-0.4, -0.2) is 4.57 Å². The summed E-state index contributed by atoms with van der Waals surface area (Å²) in [5, 5.41) is 2.57. The van der Waals surface area contributed by atoms with E-state index in [-0.39, 0.29) is 0 Å². The van der Waals surface area contributed by atoms with Gasteiger partial charge in [0.05, 0.1) is 11.0 Å². The lowest BCUT2D eigenvalue weighted by Crippen LogP contribution is -1.93. The van der Waals surface area contributed by atoms with Crippen molar-refractivity contribution in [1.82, 2.24) is 4.57 Å². The lowest BCUT2D eigenvalue weighted by atomic mass is 9.98. The second kappa shape index (κ2) is 7.86. The zero-order valence-corrected chi connectivity index (χ0v) is 17.8. The van der Waals surface area contributed by atoms with Crippen LogP contribution in [0.25, 0.3) is 38.6 Å². The van der Waals surface area contributed by atoms with Gasteiger partial charge in [0.25, 0.3) is 0 Å². The van der Waals surface area contributed by atoms with E-state index in [1.807, 2.05) is 0 Å². The molecule has 6 aromatic rings.